The second-order valence-electron chi connectivity index (χ2n) is 4.27. The van der Waals surface area contributed by atoms with Gasteiger partial charge in [-0.05, 0) is 26.5 Å². The van der Waals surface area contributed by atoms with Gasteiger partial charge in [-0.25, -0.2) is 0 Å². The second-order valence-corrected chi connectivity index (χ2v) is 4.27. The van der Waals surface area contributed by atoms with E-state index >= 15 is 0 Å². The highest BCUT2D eigenvalue weighted by molar-refractivity contribution is 5.97. The molecule has 0 saturated carbocycles. The van der Waals surface area contributed by atoms with Crippen LogP contribution in [0.5, 0.6) is 0 Å². The van der Waals surface area contributed by atoms with Crippen LogP contribution < -0.4 is 11.1 Å². The van der Waals surface area contributed by atoms with E-state index in [0.717, 1.165) is 0 Å². The van der Waals surface area contributed by atoms with Gasteiger partial charge < -0.3 is 21.3 Å². The minimum atomic E-state index is -0.998. The summed E-state index contributed by atoms with van der Waals surface area (Å²) < 4.78 is 0. The summed E-state index contributed by atoms with van der Waals surface area (Å²) in [5.41, 5.74) is 5.83. The zero-order valence-electron chi connectivity index (χ0n) is 10.3. The quantitative estimate of drug-likeness (QED) is 0.404. The van der Waals surface area contributed by atoms with Gasteiger partial charge >= 0.3 is 0 Å². The lowest BCUT2D eigenvalue weighted by atomic mass is 9.85. The predicted octanol–water partition coefficient (Wildman–Crippen LogP) is -0.278. The van der Waals surface area contributed by atoms with Crippen LogP contribution in [0.15, 0.2) is 23.1 Å². The Morgan fingerprint density at radius 2 is 2.28 bits per heavy atom. The first-order valence-electron chi connectivity index (χ1n) is 5.59. The summed E-state index contributed by atoms with van der Waals surface area (Å²) >= 11 is 0. The van der Waals surface area contributed by atoms with Crippen molar-refractivity contribution < 1.29 is 15.0 Å². The molecule has 0 aromatic carbocycles. The van der Waals surface area contributed by atoms with Crippen LogP contribution in [0.3, 0.4) is 0 Å². The monoisotopic (exact) mass is 251 g/mol. The maximum Gasteiger partial charge on any atom is 0.172 e. The van der Waals surface area contributed by atoms with E-state index in [0.29, 0.717) is 6.42 Å². The Bertz CT molecular complexity index is 448. The van der Waals surface area contributed by atoms with Crippen molar-refractivity contribution in [3.05, 3.63) is 23.1 Å². The number of aliphatic hydroxyl groups is 2. The molecule has 3 unspecified atom stereocenters. The van der Waals surface area contributed by atoms with E-state index in [1.807, 2.05) is 0 Å². The molecule has 0 radical (unpaired) electrons. The van der Waals surface area contributed by atoms with Crippen LogP contribution in [0.1, 0.15) is 13.3 Å². The van der Waals surface area contributed by atoms with Crippen molar-refractivity contribution >= 4 is 5.78 Å². The highest BCUT2D eigenvalue weighted by Crippen LogP contribution is 2.27. The Morgan fingerprint density at radius 1 is 1.67 bits per heavy atom. The molecule has 0 amide bonds. The molecule has 0 spiro atoms. The fourth-order valence-corrected chi connectivity index (χ4v) is 2.01. The topological polar surface area (TPSA) is 119 Å². The van der Waals surface area contributed by atoms with Gasteiger partial charge in [-0.15, -0.1) is 0 Å². The average Bonchev–Trinajstić information content (AvgIpc) is 2.32. The van der Waals surface area contributed by atoms with Gasteiger partial charge in [0.15, 0.2) is 5.78 Å². The average molecular weight is 251 g/mol. The van der Waals surface area contributed by atoms with Crippen LogP contribution >= 0.6 is 0 Å². The van der Waals surface area contributed by atoms with Crippen LogP contribution in [-0.4, -0.2) is 35.2 Å². The number of carbonyl (C=O) groups excluding carboxylic acids is 1. The Balaban J connectivity index is 3.12. The van der Waals surface area contributed by atoms with Crippen molar-refractivity contribution in [2.24, 2.45) is 11.7 Å². The minimum absolute atomic E-state index is 0.102. The number of nitrogens with one attached hydrogen (secondary N) is 1. The van der Waals surface area contributed by atoms with Gasteiger partial charge in [-0.2, -0.15) is 5.26 Å². The first-order chi connectivity index (χ1) is 8.42. The third kappa shape index (κ3) is 2.70. The molecular weight excluding hydrogens is 234 g/mol. The third-order valence-electron chi connectivity index (χ3n) is 3.09. The zero-order chi connectivity index (χ0) is 13.9. The van der Waals surface area contributed by atoms with Crippen molar-refractivity contribution in [3.8, 4) is 6.07 Å². The Kier molecular flexibility index (Phi) is 4.48. The van der Waals surface area contributed by atoms with Crippen molar-refractivity contribution in [3.63, 3.8) is 0 Å². The van der Waals surface area contributed by atoms with Crippen LogP contribution in [-0.2, 0) is 4.79 Å². The normalized spacial score (nSPS) is 29.0. The van der Waals surface area contributed by atoms with Crippen LogP contribution in [0.25, 0.3) is 0 Å². The number of Topliss-reactive ketones (excluding diaryl/α,β-unsaturated/α-hetero) is 1. The maximum absolute atomic E-state index is 11.2. The Hall–Kier alpha value is -1.84. The first-order valence-corrected chi connectivity index (χ1v) is 5.59. The number of hydrogen-bond donors (Lipinski definition) is 4. The highest BCUT2D eigenvalue weighted by atomic mass is 16.3. The van der Waals surface area contributed by atoms with Gasteiger partial charge in [0.05, 0.1) is 0 Å². The zero-order valence-corrected chi connectivity index (χ0v) is 10.3. The van der Waals surface area contributed by atoms with E-state index in [9.17, 15) is 15.0 Å². The summed E-state index contributed by atoms with van der Waals surface area (Å²) in [7, 11) is 1.65. The van der Waals surface area contributed by atoms with Crippen LogP contribution in [0.4, 0.5) is 0 Å². The van der Waals surface area contributed by atoms with E-state index in [1.54, 1.807) is 13.1 Å². The number of hydrogen-bond acceptors (Lipinski definition) is 6. The standard InChI is InChI=1S/C12H17N3O3/c1-6(16)8(5-13)11(14)7-3-9(15-2)12(18)10(17)4-7/h4,7,9,12,15,17-18H,3,14H2,1-2H3/b11-8-. The molecule has 1 rings (SSSR count). The molecule has 0 saturated heterocycles. The fourth-order valence-electron chi connectivity index (χ4n) is 2.01. The summed E-state index contributed by atoms with van der Waals surface area (Å²) in [6, 6.07) is 1.40. The molecule has 0 aromatic rings. The number of likely N-dealkylation sites (N-methyl/N-ethyl adjacent to an activating group) is 1. The Morgan fingerprint density at radius 3 is 2.72 bits per heavy atom. The number of nitrogens with two attached hydrogens (primary N) is 1. The lowest BCUT2D eigenvalue weighted by molar-refractivity contribution is -0.113. The number of ketones is 1. The molecule has 5 N–H and O–H groups in total. The van der Waals surface area contributed by atoms with E-state index in [2.05, 4.69) is 5.32 Å². The van der Waals surface area contributed by atoms with E-state index < -0.39 is 17.8 Å². The number of aliphatic hydroxyl groups excluding tert-OH is 2. The van der Waals surface area contributed by atoms with Gasteiger partial charge in [0.2, 0.25) is 0 Å². The number of nitriles is 1. The summed E-state index contributed by atoms with van der Waals surface area (Å²) in [5, 5.41) is 31.0. The molecule has 0 heterocycles. The van der Waals surface area contributed by atoms with Gasteiger partial charge in [-0.3, -0.25) is 4.79 Å². The second kappa shape index (κ2) is 5.67. The molecule has 3 atom stereocenters. The maximum atomic E-state index is 11.2. The largest absolute Gasteiger partial charge is 0.510 e. The molecule has 0 aromatic heterocycles. The summed E-state index contributed by atoms with van der Waals surface area (Å²) in [6.07, 6.45) is 0.794. The number of nitrogens with zero attached hydrogens (tertiary/aromatic N) is 1. The van der Waals surface area contributed by atoms with Crippen molar-refractivity contribution in [1.82, 2.24) is 5.32 Å². The van der Waals surface area contributed by atoms with E-state index in [-0.39, 0.29) is 23.1 Å². The van der Waals surface area contributed by atoms with E-state index in [4.69, 9.17) is 11.0 Å². The van der Waals surface area contributed by atoms with Crippen LogP contribution in [0, 0.1) is 17.2 Å². The van der Waals surface area contributed by atoms with Gasteiger partial charge in [0.25, 0.3) is 0 Å². The molecule has 6 heteroatoms. The molecular formula is C12H17N3O3. The van der Waals surface area contributed by atoms with E-state index in [1.165, 1.54) is 13.0 Å². The van der Waals surface area contributed by atoms with Crippen molar-refractivity contribution in [1.29, 1.82) is 5.26 Å². The van der Waals surface area contributed by atoms with Gasteiger partial charge in [0, 0.05) is 17.7 Å². The number of rotatable bonds is 3. The predicted molar refractivity (Wildman–Crippen MR) is 65.2 cm³/mol. The molecule has 0 bridgehead atoms. The summed E-state index contributed by atoms with van der Waals surface area (Å²) in [5.74, 6) is -1.05. The highest BCUT2D eigenvalue weighted by Gasteiger charge is 2.32. The lowest BCUT2D eigenvalue weighted by Crippen LogP contribution is -2.43. The molecule has 0 aliphatic heterocycles. The SMILES string of the molecule is CNC1CC(/C(N)=C(\C#N)C(C)=O)C=C(O)C1O. The van der Waals surface area contributed by atoms with Crippen LogP contribution in [0.2, 0.25) is 0 Å². The molecule has 1 aliphatic rings. The number of carbonyl (C=O) groups is 1. The number of allylic oxidation sites excluding steroid dienone is 2. The fraction of sp³-hybridized carbons (Fsp3) is 0.500. The molecule has 98 valence electrons. The lowest BCUT2D eigenvalue weighted by Gasteiger charge is -2.30. The first kappa shape index (κ1) is 14.2. The Labute approximate surface area is 105 Å². The van der Waals surface area contributed by atoms with Crippen molar-refractivity contribution in [2.75, 3.05) is 7.05 Å². The third-order valence-corrected chi connectivity index (χ3v) is 3.09. The molecule has 18 heavy (non-hydrogen) atoms. The summed E-state index contributed by atoms with van der Waals surface area (Å²) in [4.78, 5) is 11.2. The summed E-state index contributed by atoms with van der Waals surface area (Å²) in [6.45, 7) is 1.27. The molecule has 0 fully saturated rings. The molecule has 1 aliphatic carbocycles. The van der Waals surface area contributed by atoms with Crippen molar-refractivity contribution in [2.45, 2.75) is 25.5 Å². The minimum Gasteiger partial charge on any atom is -0.510 e. The molecule has 6 nitrogen and oxygen atoms in total. The van der Waals surface area contributed by atoms with Gasteiger partial charge in [-0.1, -0.05) is 0 Å². The van der Waals surface area contributed by atoms with Gasteiger partial charge in [0.1, 0.15) is 23.5 Å². The smallest absolute Gasteiger partial charge is 0.172 e.